The molecule has 1 atom stereocenters. The lowest BCUT2D eigenvalue weighted by molar-refractivity contribution is 0.954. The minimum Gasteiger partial charge on any atom is -0.258 e. The molecule has 5 heteroatoms. The van der Waals surface area contributed by atoms with Crippen LogP contribution in [0.5, 0.6) is 0 Å². The lowest BCUT2D eigenvalue weighted by Gasteiger charge is -2.06. The van der Waals surface area contributed by atoms with Crippen molar-refractivity contribution in [2.75, 3.05) is 0 Å². The van der Waals surface area contributed by atoms with Gasteiger partial charge >= 0.3 is 0 Å². The summed E-state index contributed by atoms with van der Waals surface area (Å²) in [7, 11) is 0. The van der Waals surface area contributed by atoms with E-state index in [0.717, 1.165) is 17.0 Å². The molecule has 0 aliphatic rings. The smallest absolute Gasteiger partial charge is 0.210 e. The molecule has 120 valence electrons. The molecule has 0 saturated carbocycles. The normalized spacial score (nSPS) is 11.9. The highest BCUT2D eigenvalue weighted by Crippen LogP contribution is 2.25. The van der Waals surface area contributed by atoms with Gasteiger partial charge in [-0.2, -0.15) is 5.26 Å². The molecule has 0 radical (unpaired) electrons. The highest BCUT2D eigenvalue weighted by molar-refractivity contribution is 8.00. The van der Waals surface area contributed by atoms with Crippen LogP contribution in [0, 0.1) is 25.2 Å². The highest BCUT2D eigenvalue weighted by atomic mass is 32.2. The fourth-order valence-corrected chi connectivity index (χ4v) is 3.14. The van der Waals surface area contributed by atoms with E-state index in [1.165, 1.54) is 22.9 Å². The predicted octanol–water partition coefficient (Wildman–Crippen LogP) is 4.32. The molecular weight excluding hydrogens is 316 g/mol. The molecule has 0 aliphatic carbocycles. The zero-order chi connectivity index (χ0) is 16.9. The van der Waals surface area contributed by atoms with E-state index >= 15 is 0 Å². The van der Waals surface area contributed by atoms with Gasteiger partial charge < -0.3 is 0 Å². The van der Waals surface area contributed by atoms with E-state index in [2.05, 4.69) is 52.4 Å². The lowest BCUT2D eigenvalue weighted by atomic mass is 10.1. The van der Waals surface area contributed by atoms with Crippen molar-refractivity contribution in [3.05, 3.63) is 65.2 Å². The number of aromatic nitrogens is 3. The molecule has 3 rings (SSSR count). The van der Waals surface area contributed by atoms with Crippen LogP contribution in [0.2, 0.25) is 0 Å². The number of aromatic amines is 1. The molecule has 0 aliphatic heterocycles. The van der Waals surface area contributed by atoms with Crippen molar-refractivity contribution in [1.29, 1.82) is 5.26 Å². The van der Waals surface area contributed by atoms with E-state index < -0.39 is 0 Å². The molecule has 0 saturated heterocycles. The number of aryl methyl sites for hydroxylation is 2. The third-order valence-corrected chi connectivity index (χ3v) is 4.67. The van der Waals surface area contributed by atoms with Crippen LogP contribution in [0.4, 0.5) is 0 Å². The minimum atomic E-state index is -0.214. The highest BCUT2D eigenvalue weighted by Gasteiger charge is 2.14. The van der Waals surface area contributed by atoms with Gasteiger partial charge in [-0.1, -0.05) is 71.4 Å². The first-order chi connectivity index (χ1) is 11.6. The molecule has 0 amide bonds. The van der Waals surface area contributed by atoms with Gasteiger partial charge in [-0.05, 0) is 25.8 Å². The summed E-state index contributed by atoms with van der Waals surface area (Å²) in [5.41, 5.74) is 4.56. The van der Waals surface area contributed by atoms with Crippen molar-refractivity contribution in [2.24, 2.45) is 0 Å². The summed E-state index contributed by atoms with van der Waals surface area (Å²) >= 11 is 1.39. The van der Waals surface area contributed by atoms with Crippen LogP contribution in [-0.2, 0) is 6.42 Å². The predicted molar refractivity (Wildman–Crippen MR) is 96.7 cm³/mol. The van der Waals surface area contributed by atoms with Crippen molar-refractivity contribution < 1.29 is 0 Å². The van der Waals surface area contributed by atoms with Crippen LogP contribution in [0.1, 0.15) is 16.7 Å². The maximum absolute atomic E-state index is 9.42. The number of rotatable bonds is 5. The number of nitrogens with one attached hydrogen (secondary N) is 1. The van der Waals surface area contributed by atoms with Gasteiger partial charge in [-0.15, -0.1) is 5.10 Å². The molecule has 4 nitrogen and oxygen atoms in total. The summed E-state index contributed by atoms with van der Waals surface area (Å²) in [6.07, 6.45) is 0.676. The summed E-state index contributed by atoms with van der Waals surface area (Å²) in [6, 6.07) is 18.7. The van der Waals surface area contributed by atoms with Crippen LogP contribution >= 0.6 is 11.8 Å². The van der Waals surface area contributed by atoms with Gasteiger partial charge in [-0.25, -0.2) is 4.98 Å². The zero-order valence-corrected chi connectivity index (χ0v) is 14.5. The van der Waals surface area contributed by atoms with Gasteiger partial charge in [-0.3, -0.25) is 5.10 Å². The first-order valence-electron chi connectivity index (χ1n) is 7.75. The second kappa shape index (κ2) is 7.33. The summed E-state index contributed by atoms with van der Waals surface area (Å²) < 4.78 is 0. The Labute approximate surface area is 146 Å². The molecule has 3 aromatic rings. The Balaban J connectivity index is 1.69. The monoisotopic (exact) mass is 334 g/mol. The maximum atomic E-state index is 9.42. The average molecular weight is 334 g/mol. The van der Waals surface area contributed by atoms with Crippen LogP contribution in [0.25, 0.3) is 11.4 Å². The Kier molecular flexibility index (Phi) is 4.97. The number of H-pyrrole nitrogens is 1. The zero-order valence-electron chi connectivity index (χ0n) is 13.7. The van der Waals surface area contributed by atoms with Crippen LogP contribution < -0.4 is 0 Å². The van der Waals surface area contributed by atoms with Gasteiger partial charge in [0, 0.05) is 5.56 Å². The Bertz CT molecular complexity index is 844. The largest absolute Gasteiger partial charge is 0.258 e. The minimum absolute atomic E-state index is 0.214. The molecule has 0 bridgehead atoms. The van der Waals surface area contributed by atoms with Gasteiger partial charge in [0.1, 0.15) is 5.25 Å². The third kappa shape index (κ3) is 4.03. The van der Waals surface area contributed by atoms with Crippen molar-refractivity contribution >= 4 is 11.8 Å². The van der Waals surface area contributed by atoms with Gasteiger partial charge in [0.15, 0.2) is 5.82 Å². The Morgan fingerprint density at radius 1 is 1.04 bits per heavy atom. The first-order valence-corrected chi connectivity index (χ1v) is 8.63. The summed E-state index contributed by atoms with van der Waals surface area (Å²) in [5.74, 6) is 0.726. The number of thioether (sulfide) groups is 1. The number of nitrogens with zero attached hydrogens (tertiary/aromatic N) is 3. The van der Waals surface area contributed by atoms with Crippen LogP contribution in [0.15, 0.2) is 53.7 Å². The van der Waals surface area contributed by atoms with Crippen molar-refractivity contribution in [3.8, 4) is 17.5 Å². The molecule has 1 aromatic heterocycles. The lowest BCUT2D eigenvalue weighted by Crippen LogP contribution is -2.04. The van der Waals surface area contributed by atoms with Gasteiger partial charge in [0.05, 0.1) is 6.07 Å². The number of hydrogen-bond donors (Lipinski definition) is 1. The summed E-state index contributed by atoms with van der Waals surface area (Å²) in [6.45, 7) is 4.11. The SMILES string of the molecule is Cc1ccc(C[C@H](C#N)Sc2n[nH]c(-c3ccc(C)cc3)n2)cc1. The molecule has 2 aromatic carbocycles. The van der Waals surface area contributed by atoms with E-state index in [1.807, 2.05) is 31.2 Å². The fourth-order valence-electron chi connectivity index (χ4n) is 2.32. The molecule has 0 unspecified atom stereocenters. The summed E-state index contributed by atoms with van der Waals surface area (Å²) in [5, 5.41) is 17.0. The van der Waals surface area contributed by atoms with E-state index in [1.54, 1.807) is 0 Å². The number of benzene rings is 2. The Morgan fingerprint density at radius 3 is 2.29 bits per heavy atom. The van der Waals surface area contributed by atoms with Crippen LogP contribution in [0.3, 0.4) is 0 Å². The molecule has 1 heterocycles. The topological polar surface area (TPSA) is 65.4 Å². The van der Waals surface area contributed by atoms with Crippen LogP contribution in [-0.4, -0.2) is 20.4 Å². The summed E-state index contributed by atoms with van der Waals surface area (Å²) in [4.78, 5) is 4.50. The Hall–Kier alpha value is -2.58. The van der Waals surface area contributed by atoms with Gasteiger partial charge in [0.25, 0.3) is 0 Å². The van der Waals surface area contributed by atoms with E-state index in [4.69, 9.17) is 0 Å². The number of nitriles is 1. The third-order valence-electron chi connectivity index (χ3n) is 3.72. The van der Waals surface area contributed by atoms with Crippen molar-refractivity contribution in [2.45, 2.75) is 30.7 Å². The molecule has 0 fully saturated rings. The molecule has 1 N–H and O–H groups in total. The van der Waals surface area contributed by atoms with Crippen molar-refractivity contribution in [3.63, 3.8) is 0 Å². The molecule has 0 spiro atoms. The quantitative estimate of drug-likeness (QED) is 0.706. The first kappa shape index (κ1) is 16.3. The molecular formula is C19H18N4S. The maximum Gasteiger partial charge on any atom is 0.210 e. The molecule has 24 heavy (non-hydrogen) atoms. The van der Waals surface area contributed by atoms with Gasteiger partial charge in [0.2, 0.25) is 5.16 Å². The second-order valence-electron chi connectivity index (χ2n) is 5.76. The standard InChI is InChI=1S/C19H18N4S/c1-13-3-7-15(8-4-13)11-17(12-20)24-19-21-18(22-23-19)16-9-5-14(2)6-10-16/h3-10,17H,11H2,1-2H3,(H,21,22,23)/t17-/m1/s1. The van der Waals surface area contributed by atoms with E-state index in [0.29, 0.717) is 11.6 Å². The van der Waals surface area contributed by atoms with Crippen molar-refractivity contribution in [1.82, 2.24) is 15.2 Å². The fraction of sp³-hybridized carbons (Fsp3) is 0.211. The van der Waals surface area contributed by atoms with E-state index in [9.17, 15) is 5.26 Å². The Morgan fingerprint density at radius 2 is 1.67 bits per heavy atom. The second-order valence-corrected chi connectivity index (χ2v) is 6.93. The van der Waals surface area contributed by atoms with E-state index in [-0.39, 0.29) is 5.25 Å². The number of hydrogen-bond acceptors (Lipinski definition) is 4. The average Bonchev–Trinajstić information content (AvgIpc) is 3.05.